The summed E-state index contributed by atoms with van der Waals surface area (Å²) in [4.78, 5) is 3.31. The van der Waals surface area contributed by atoms with Crippen molar-refractivity contribution in [3.63, 3.8) is 0 Å². The highest BCUT2D eigenvalue weighted by Crippen LogP contribution is 2.43. The highest BCUT2D eigenvalue weighted by Gasteiger charge is 2.32. The second-order valence-electron chi connectivity index (χ2n) is 11.8. The number of halogens is 3. The monoisotopic (exact) mass is 652 g/mol. The van der Waals surface area contributed by atoms with E-state index in [9.17, 15) is 29.0 Å². The van der Waals surface area contributed by atoms with E-state index in [4.69, 9.17) is 6.57 Å². The number of aromatic nitrogens is 2. The van der Waals surface area contributed by atoms with E-state index in [1.54, 1.807) is 30.3 Å². The minimum atomic E-state index is -4.72. The van der Waals surface area contributed by atoms with E-state index in [1.165, 1.54) is 6.07 Å². The van der Waals surface area contributed by atoms with Gasteiger partial charge < -0.3 is 9.13 Å². The Morgan fingerprint density at radius 2 is 1.08 bits per heavy atom. The van der Waals surface area contributed by atoms with Crippen LogP contribution in [0.4, 0.5) is 18.9 Å². The molecular weight excluding hydrogens is 633 g/mol. The van der Waals surface area contributed by atoms with Crippen molar-refractivity contribution in [2.45, 2.75) is 6.18 Å². The lowest BCUT2D eigenvalue weighted by molar-refractivity contribution is -0.137. The molecule has 0 aliphatic carbocycles. The zero-order chi connectivity index (χ0) is 34.7. The van der Waals surface area contributed by atoms with Crippen molar-refractivity contribution < 1.29 is 13.2 Å². The molecule has 0 fully saturated rings. The standard InChI is InChI=1S/C41H19F3N6/c1-48-29-17-26(16-28(19-29)41(42,43)44)32-20-40(50-36-9-5-3-7-31(36)34-15-25(22-46)11-13-38(34)50)39(18-27(32)23-47)49-35-8-4-2-6-30(35)33-14-24(21-45)10-12-37(33)49/h2-20H. The number of hydrogen-bond donors (Lipinski definition) is 0. The molecule has 0 radical (unpaired) electrons. The van der Waals surface area contributed by atoms with Crippen LogP contribution in [0.15, 0.2) is 115 Å². The topological polar surface area (TPSA) is 85.6 Å². The number of benzene rings is 6. The zero-order valence-corrected chi connectivity index (χ0v) is 25.8. The van der Waals surface area contributed by atoms with Gasteiger partial charge in [0.05, 0.1) is 74.9 Å². The van der Waals surface area contributed by atoms with Gasteiger partial charge in [-0.2, -0.15) is 29.0 Å². The molecule has 9 heteroatoms. The number of hydrogen-bond acceptors (Lipinski definition) is 3. The summed E-state index contributed by atoms with van der Waals surface area (Å²) in [6.07, 6.45) is -4.72. The summed E-state index contributed by atoms with van der Waals surface area (Å²) >= 11 is 0. The van der Waals surface area contributed by atoms with Crippen LogP contribution in [0, 0.1) is 40.6 Å². The van der Waals surface area contributed by atoms with Gasteiger partial charge in [0.15, 0.2) is 5.69 Å². The van der Waals surface area contributed by atoms with Crippen LogP contribution >= 0.6 is 0 Å². The minimum Gasteiger partial charge on any atom is -0.307 e. The van der Waals surface area contributed by atoms with Gasteiger partial charge in [-0.05, 0) is 84.4 Å². The molecule has 0 aliphatic heterocycles. The Bertz CT molecular complexity index is 2920. The molecule has 0 saturated heterocycles. The van der Waals surface area contributed by atoms with Gasteiger partial charge >= 0.3 is 6.18 Å². The second kappa shape index (κ2) is 11.1. The van der Waals surface area contributed by atoms with Crippen molar-refractivity contribution in [2.24, 2.45) is 0 Å². The molecule has 234 valence electrons. The molecule has 50 heavy (non-hydrogen) atoms. The van der Waals surface area contributed by atoms with Crippen LogP contribution in [-0.2, 0) is 6.18 Å². The van der Waals surface area contributed by atoms with Crippen molar-refractivity contribution in [3.8, 4) is 40.7 Å². The summed E-state index contributed by atoms with van der Waals surface area (Å²) in [7, 11) is 0. The van der Waals surface area contributed by atoms with Crippen LogP contribution in [0.1, 0.15) is 22.3 Å². The first-order valence-electron chi connectivity index (χ1n) is 15.3. The van der Waals surface area contributed by atoms with Gasteiger partial charge in [-0.15, -0.1) is 0 Å². The third-order valence-electron chi connectivity index (χ3n) is 9.01. The quantitative estimate of drug-likeness (QED) is 0.178. The Hall–Kier alpha value is -7.33. The molecule has 0 atom stereocenters. The van der Waals surface area contributed by atoms with Gasteiger partial charge in [0.2, 0.25) is 0 Å². The largest absolute Gasteiger partial charge is 0.415 e. The van der Waals surface area contributed by atoms with Gasteiger partial charge in [-0.25, -0.2) is 4.85 Å². The fourth-order valence-corrected chi connectivity index (χ4v) is 6.87. The molecule has 0 saturated carbocycles. The fourth-order valence-electron chi connectivity index (χ4n) is 6.87. The lowest BCUT2D eigenvalue weighted by Gasteiger charge is -2.20. The molecule has 0 spiro atoms. The highest BCUT2D eigenvalue weighted by atomic mass is 19.4. The van der Waals surface area contributed by atoms with Gasteiger partial charge in [0.25, 0.3) is 0 Å². The van der Waals surface area contributed by atoms with E-state index in [0.29, 0.717) is 22.5 Å². The Labute approximate surface area is 282 Å². The summed E-state index contributed by atoms with van der Waals surface area (Å²) in [6, 6.07) is 39.1. The average molecular weight is 653 g/mol. The van der Waals surface area contributed by atoms with E-state index >= 15 is 0 Å². The number of nitriles is 3. The Morgan fingerprint density at radius 3 is 1.58 bits per heavy atom. The predicted octanol–water partition coefficient (Wildman–Crippen LogP) is 10.7. The van der Waals surface area contributed by atoms with Crippen molar-refractivity contribution in [1.29, 1.82) is 15.8 Å². The average Bonchev–Trinajstić information content (AvgIpc) is 3.65. The number of nitrogens with zero attached hydrogens (tertiary/aromatic N) is 6. The lowest BCUT2D eigenvalue weighted by atomic mass is 9.96. The summed E-state index contributed by atoms with van der Waals surface area (Å²) in [5, 5.41) is 33.3. The lowest BCUT2D eigenvalue weighted by Crippen LogP contribution is -2.07. The molecule has 8 aromatic rings. The maximum atomic E-state index is 14.1. The molecular formula is C41H19F3N6. The van der Waals surface area contributed by atoms with E-state index < -0.39 is 11.7 Å². The number of rotatable bonds is 3. The third-order valence-corrected chi connectivity index (χ3v) is 9.01. The zero-order valence-electron chi connectivity index (χ0n) is 25.8. The van der Waals surface area contributed by atoms with Gasteiger partial charge in [-0.3, -0.25) is 0 Å². The summed E-state index contributed by atoms with van der Waals surface area (Å²) in [5.74, 6) is 0. The SMILES string of the molecule is [C-]#[N+]c1cc(-c2cc(-n3c4ccccc4c4cc(C#N)ccc43)c(-n3c4ccccc4c4cc(C#N)ccc43)cc2C#N)cc(C(F)(F)F)c1. The van der Waals surface area contributed by atoms with E-state index in [0.717, 1.165) is 55.7 Å². The van der Waals surface area contributed by atoms with Crippen LogP contribution in [0.5, 0.6) is 0 Å². The van der Waals surface area contributed by atoms with Crippen molar-refractivity contribution in [3.05, 3.63) is 149 Å². The molecule has 2 aromatic heterocycles. The van der Waals surface area contributed by atoms with Gasteiger partial charge in [0, 0.05) is 32.7 Å². The third kappa shape index (κ3) is 4.54. The van der Waals surface area contributed by atoms with E-state index in [-0.39, 0.29) is 22.4 Å². The molecule has 0 unspecified atom stereocenters. The molecule has 0 bridgehead atoms. The van der Waals surface area contributed by atoms with Crippen LogP contribution in [0.2, 0.25) is 0 Å². The van der Waals surface area contributed by atoms with Crippen molar-refractivity contribution >= 4 is 49.3 Å². The van der Waals surface area contributed by atoms with E-state index in [2.05, 4.69) is 23.1 Å². The molecule has 2 heterocycles. The van der Waals surface area contributed by atoms with E-state index in [1.807, 2.05) is 75.9 Å². The number of fused-ring (bicyclic) bond motifs is 6. The molecule has 6 nitrogen and oxygen atoms in total. The smallest absolute Gasteiger partial charge is 0.307 e. The molecule has 8 rings (SSSR count). The Morgan fingerprint density at radius 1 is 0.560 bits per heavy atom. The van der Waals surface area contributed by atoms with Crippen LogP contribution in [-0.4, -0.2) is 9.13 Å². The maximum absolute atomic E-state index is 14.1. The molecule has 0 aliphatic rings. The minimum absolute atomic E-state index is 0.0728. The first kappa shape index (κ1) is 30.0. The summed E-state index contributed by atoms with van der Waals surface area (Å²) in [6.45, 7) is 7.53. The van der Waals surface area contributed by atoms with Crippen LogP contribution < -0.4 is 0 Å². The second-order valence-corrected chi connectivity index (χ2v) is 11.8. The maximum Gasteiger partial charge on any atom is 0.415 e. The summed E-state index contributed by atoms with van der Waals surface area (Å²) in [5.41, 5.74) is 4.29. The first-order valence-corrected chi connectivity index (χ1v) is 15.3. The molecule has 0 N–H and O–H groups in total. The summed E-state index contributed by atoms with van der Waals surface area (Å²) < 4.78 is 46.2. The Balaban J connectivity index is 1.57. The van der Waals surface area contributed by atoms with Crippen molar-refractivity contribution in [2.75, 3.05) is 0 Å². The normalized spacial score (nSPS) is 11.4. The fraction of sp³-hybridized carbons (Fsp3) is 0.0244. The van der Waals surface area contributed by atoms with Crippen LogP contribution in [0.25, 0.3) is 71.0 Å². The van der Waals surface area contributed by atoms with Gasteiger partial charge in [-0.1, -0.05) is 36.4 Å². The highest BCUT2D eigenvalue weighted by molar-refractivity contribution is 6.12. The molecule has 0 amide bonds. The van der Waals surface area contributed by atoms with Crippen molar-refractivity contribution in [1.82, 2.24) is 9.13 Å². The number of para-hydroxylation sites is 2. The molecule has 6 aromatic carbocycles. The van der Waals surface area contributed by atoms with Crippen LogP contribution in [0.3, 0.4) is 0 Å². The predicted molar refractivity (Wildman–Crippen MR) is 186 cm³/mol. The first-order chi connectivity index (χ1) is 24.2. The van der Waals surface area contributed by atoms with Gasteiger partial charge in [0.1, 0.15) is 0 Å². The Kier molecular flexibility index (Phi) is 6.69. The number of alkyl halides is 3.